The average molecular weight is 283 g/mol. The van der Waals surface area contributed by atoms with Crippen molar-refractivity contribution < 1.29 is 17.9 Å². The minimum atomic E-state index is -3.39. The fourth-order valence-corrected chi connectivity index (χ4v) is 2.28. The van der Waals surface area contributed by atoms with Crippen molar-refractivity contribution >= 4 is 15.8 Å². The molecule has 0 saturated carbocycles. The maximum atomic E-state index is 11.4. The van der Waals surface area contributed by atoms with Gasteiger partial charge in [0.25, 0.3) is 0 Å². The highest BCUT2D eigenvalue weighted by Gasteiger charge is 2.10. The SMILES string of the molecule is COC(=O)c1ccc(CCS(=O)(=O)CN=[N+]=[N-])cc1. The number of ether oxygens (including phenoxy) is 1. The second-order valence-electron chi connectivity index (χ2n) is 3.75. The minimum absolute atomic E-state index is 0.108. The quantitative estimate of drug-likeness (QED) is 0.342. The van der Waals surface area contributed by atoms with Gasteiger partial charge in [-0.1, -0.05) is 17.2 Å². The van der Waals surface area contributed by atoms with Crippen LogP contribution in [0.25, 0.3) is 10.4 Å². The molecule has 7 nitrogen and oxygen atoms in total. The van der Waals surface area contributed by atoms with Gasteiger partial charge < -0.3 is 4.74 Å². The Hall–Kier alpha value is -2.05. The number of esters is 1. The number of carbonyl (C=O) groups excluding carboxylic acids is 1. The van der Waals surface area contributed by atoms with Crippen molar-refractivity contribution in [1.29, 1.82) is 0 Å². The lowest BCUT2D eigenvalue weighted by atomic mass is 10.1. The van der Waals surface area contributed by atoms with Crippen LogP contribution in [-0.2, 0) is 21.0 Å². The van der Waals surface area contributed by atoms with E-state index in [2.05, 4.69) is 14.8 Å². The van der Waals surface area contributed by atoms with Crippen molar-refractivity contribution in [2.45, 2.75) is 6.42 Å². The summed E-state index contributed by atoms with van der Waals surface area (Å²) >= 11 is 0. The summed E-state index contributed by atoms with van der Waals surface area (Å²) in [5, 5.41) is 3.04. The monoisotopic (exact) mass is 283 g/mol. The van der Waals surface area contributed by atoms with E-state index in [4.69, 9.17) is 5.53 Å². The highest BCUT2D eigenvalue weighted by molar-refractivity contribution is 7.91. The number of sulfone groups is 1. The Morgan fingerprint density at radius 2 is 2.00 bits per heavy atom. The largest absolute Gasteiger partial charge is 0.465 e. The molecule has 0 aliphatic carbocycles. The summed E-state index contributed by atoms with van der Waals surface area (Å²) < 4.78 is 27.4. The Morgan fingerprint density at radius 1 is 1.37 bits per heavy atom. The molecule has 0 unspecified atom stereocenters. The van der Waals surface area contributed by atoms with E-state index in [9.17, 15) is 13.2 Å². The van der Waals surface area contributed by atoms with Crippen LogP contribution in [0.15, 0.2) is 29.4 Å². The summed E-state index contributed by atoms with van der Waals surface area (Å²) in [7, 11) is -2.09. The fourth-order valence-electron chi connectivity index (χ4n) is 1.38. The third-order valence-electron chi connectivity index (χ3n) is 2.39. The van der Waals surface area contributed by atoms with Gasteiger partial charge in [0.05, 0.1) is 18.4 Å². The third kappa shape index (κ3) is 4.99. The van der Waals surface area contributed by atoms with Gasteiger partial charge in [0.2, 0.25) is 0 Å². The molecule has 0 aliphatic heterocycles. The molecule has 0 saturated heterocycles. The second-order valence-corrected chi connectivity index (χ2v) is 5.90. The number of azide groups is 1. The van der Waals surface area contributed by atoms with Gasteiger partial charge in [-0.25, -0.2) is 13.2 Å². The number of hydrogen-bond acceptors (Lipinski definition) is 5. The maximum absolute atomic E-state index is 11.4. The van der Waals surface area contributed by atoms with E-state index in [1.54, 1.807) is 24.3 Å². The Kier molecular flexibility index (Phi) is 5.35. The molecule has 0 atom stereocenters. The molecule has 0 heterocycles. The first-order valence-electron chi connectivity index (χ1n) is 5.37. The van der Waals surface area contributed by atoms with Crippen molar-refractivity contribution in [2.75, 3.05) is 18.7 Å². The van der Waals surface area contributed by atoms with E-state index in [0.29, 0.717) is 12.0 Å². The molecular weight excluding hydrogens is 270 g/mol. The van der Waals surface area contributed by atoms with Crippen LogP contribution in [0.3, 0.4) is 0 Å². The average Bonchev–Trinajstić information content (AvgIpc) is 2.43. The number of benzene rings is 1. The summed E-state index contributed by atoms with van der Waals surface area (Å²) in [5.74, 6) is -1.09. The molecule has 0 bridgehead atoms. The molecule has 1 aromatic rings. The molecule has 0 amide bonds. The van der Waals surface area contributed by atoms with E-state index in [1.165, 1.54) is 7.11 Å². The van der Waals surface area contributed by atoms with Gasteiger partial charge in [-0.2, -0.15) is 0 Å². The Morgan fingerprint density at radius 3 is 2.53 bits per heavy atom. The molecule has 1 aromatic carbocycles. The van der Waals surface area contributed by atoms with Crippen LogP contribution in [-0.4, -0.2) is 33.1 Å². The summed E-state index contributed by atoms with van der Waals surface area (Å²) in [4.78, 5) is 13.6. The normalized spacial score (nSPS) is 10.6. The minimum Gasteiger partial charge on any atom is -0.465 e. The number of carbonyl (C=O) groups is 1. The topological polar surface area (TPSA) is 109 Å². The highest BCUT2D eigenvalue weighted by atomic mass is 32.2. The molecular formula is C11H13N3O4S. The molecule has 1 rings (SSSR count). The first-order valence-corrected chi connectivity index (χ1v) is 7.19. The Labute approximate surface area is 110 Å². The van der Waals surface area contributed by atoms with Crippen molar-refractivity contribution in [3.05, 3.63) is 45.8 Å². The van der Waals surface area contributed by atoms with E-state index in [0.717, 1.165) is 5.56 Å². The van der Waals surface area contributed by atoms with Gasteiger partial charge in [-0.3, -0.25) is 0 Å². The van der Waals surface area contributed by atoms with Crippen molar-refractivity contribution in [1.82, 2.24) is 0 Å². The van der Waals surface area contributed by atoms with Gasteiger partial charge in [-0.05, 0) is 29.6 Å². The predicted octanol–water partition coefficient (Wildman–Crippen LogP) is 1.70. The second kappa shape index (κ2) is 6.77. The van der Waals surface area contributed by atoms with E-state index < -0.39 is 21.7 Å². The third-order valence-corrected chi connectivity index (χ3v) is 3.73. The van der Waals surface area contributed by atoms with E-state index >= 15 is 0 Å². The van der Waals surface area contributed by atoms with Crippen molar-refractivity contribution in [3.8, 4) is 0 Å². The number of methoxy groups -OCH3 is 1. The molecule has 0 aliphatic rings. The van der Waals surface area contributed by atoms with Crippen LogP contribution in [0, 0.1) is 0 Å². The standard InChI is InChI=1S/C11H13N3O4S/c1-18-11(15)10-4-2-9(3-5-10)6-7-19(16,17)8-13-14-12/h2-5H,6-8H2,1H3. The van der Waals surface area contributed by atoms with Gasteiger partial charge in [0.15, 0.2) is 9.84 Å². The number of nitrogens with zero attached hydrogens (tertiary/aromatic N) is 3. The first-order chi connectivity index (χ1) is 8.98. The van der Waals surface area contributed by atoms with Crippen molar-refractivity contribution in [3.63, 3.8) is 0 Å². The van der Waals surface area contributed by atoms with Crippen LogP contribution >= 0.6 is 0 Å². The number of aryl methyl sites for hydroxylation is 1. The van der Waals surface area contributed by atoms with Crippen molar-refractivity contribution in [2.24, 2.45) is 5.11 Å². The lowest BCUT2D eigenvalue weighted by Crippen LogP contribution is -2.11. The van der Waals surface area contributed by atoms with Crippen LogP contribution in [0.2, 0.25) is 0 Å². The molecule has 102 valence electrons. The summed E-state index contributed by atoms with van der Waals surface area (Å²) in [5.41, 5.74) is 9.25. The molecule has 0 spiro atoms. The molecule has 0 N–H and O–H groups in total. The Balaban J connectivity index is 2.64. The van der Waals surface area contributed by atoms with Gasteiger partial charge in [-0.15, -0.1) is 0 Å². The zero-order valence-electron chi connectivity index (χ0n) is 10.3. The van der Waals surface area contributed by atoms with E-state index in [-0.39, 0.29) is 5.75 Å². The molecule has 0 aromatic heterocycles. The van der Waals surface area contributed by atoms with Crippen LogP contribution < -0.4 is 0 Å². The van der Waals surface area contributed by atoms with Gasteiger partial charge >= 0.3 is 5.97 Å². The highest BCUT2D eigenvalue weighted by Crippen LogP contribution is 2.08. The fraction of sp³-hybridized carbons (Fsp3) is 0.364. The van der Waals surface area contributed by atoms with Gasteiger partial charge in [0.1, 0.15) is 5.88 Å². The molecule has 0 radical (unpaired) electrons. The predicted molar refractivity (Wildman–Crippen MR) is 69.3 cm³/mol. The van der Waals surface area contributed by atoms with Crippen LogP contribution in [0.1, 0.15) is 15.9 Å². The summed E-state index contributed by atoms with van der Waals surface area (Å²) in [6.07, 6.45) is 0.296. The molecule has 8 heteroatoms. The van der Waals surface area contributed by atoms with Crippen LogP contribution in [0.4, 0.5) is 0 Å². The molecule has 0 fully saturated rings. The lowest BCUT2D eigenvalue weighted by molar-refractivity contribution is 0.0600. The number of hydrogen-bond donors (Lipinski definition) is 0. The van der Waals surface area contributed by atoms with Gasteiger partial charge in [0, 0.05) is 4.91 Å². The smallest absolute Gasteiger partial charge is 0.337 e. The first kappa shape index (κ1) is 15.0. The zero-order valence-corrected chi connectivity index (χ0v) is 11.1. The lowest BCUT2D eigenvalue weighted by Gasteiger charge is -2.03. The zero-order chi connectivity index (χ0) is 14.3. The summed E-state index contributed by atoms with van der Waals surface area (Å²) in [6, 6.07) is 6.47. The van der Waals surface area contributed by atoms with Crippen LogP contribution in [0.5, 0.6) is 0 Å². The van der Waals surface area contributed by atoms with E-state index in [1.807, 2.05) is 0 Å². The molecule has 19 heavy (non-hydrogen) atoms. The maximum Gasteiger partial charge on any atom is 0.337 e. The Bertz CT molecular complexity index is 589. The number of rotatable bonds is 6. The summed E-state index contributed by atoms with van der Waals surface area (Å²) in [6.45, 7) is 0.